The van der Waals surface area contributed by atoms with Crippen LogP contribution >= 0.6 is 0 Å². The highest BCUT2D eigenvalue weighted by Gasteiger charge is 2.41. The van der Waals surface area contributed by atoms with Crippen LogP contribution in [0.1, 0.15) is 67.7 Å². The number of carbonyl (C=O) groups is 4. The number of alkyl carbamates (subject to hydrolysis) is 2. The maximum Gasteiger partial charge on any atom is 0.414 e. The van der Waals surface area contributed by atoms with Crippen LogP contribution in [0, 0.1) is 0 Å². The molecule has 1 heterocycles. The molecule has 14 heteroatoms. The molecule has 4 atom stereocenters. The second kappa shape index (κ2) is 15.3. The molecule has 0 aromatic heterocycles. The molecule has 1 aliphatic heterocycles. The second-order valence-corrected chi connectivity index (χ2v) is 12.3. The molecule has 14 nitrogen and oxygen atoms in total. The van der Waals surface area contributed by atoms with Crippen LogP contribution in [0.5, 0.6) is 0 Å². The minimum atomic E-state index is -1.13. The number of ether oxygens (including phenoxy) is 4. The van der Waals surface area contributed by atoms with Gasteiger partial charge in [-0.1, -0.05) is 6.08 Å². The fourth-order valence-corrected chi connectivity index (χ4v) is 4.72. The van der Waals surface area contributed by atoms with Gasteiger partial charge in [0.25, 0.3) is 0 Å². The van der Waals surface area contributed by atoms with Crippen LogP contribution in [0.2, 0.25) is 0 Å². The van der Waals surface area contributed by atoms with Gasteiger partial charge in [-0.2, -0.15) is 0 Å². The van der Waals surface area contributed by atoms with Crippen LogP contribution in [-0.4, -0.2) is 109 Å². The van der Waals surface area contributed by atoms with Crippen LogP contribution in [0.15, 0.2) is 16.6 Å². The normalized spacial score (nSPS) is 23.2. The number of carbonyl (C=O) groups excluding carboxylic acids is 3. The maximum atomic E-state index is 12.7. The summed E-state index contributed by atoms with van der Waals surface area (Å²) in [6.07, 6.45) is 1.32. The van der Waals surface area contributed by atoms with Gasteiger partial charge in [0, 0.05) is 32.6 Å². The number of methoxy groups -OCH3 is 1. The van der Waals surface area contributed by atoms with Gasteiger partial charge in [0.2, 0.25) is 11.9 Å². The van der Waals surface area contributed by atoms with Crippen molar-refractivity contribution in [3.05, 3.63) is 11.6 Å². The largest absolute Gasteiger partial charge is 0.478 e. The number of hydrogen-bond donors (Lipinski definition) is 4. The summed E-state index contributed by atoms with van der Waals surface area (Å²) in [5, 5.41) is 17.8. The van der Waals surface area contributed by atoms with Crippen LogP contribution in [0.3, 0.4) is 0 Å². The number of carboxylic acid groups (broad SMARTS) is 1. The van der Waals surface area contributed by atoms with Crippen molar-refractivity contribution in [1.29, 1.82) is 0 Å². The lowest BCUT2D eigenvalue weighted by atomic mass is 9.85. The predicted octanol–water partition coefficient (Wildman–Crippen LogP) is 2.18. The molecule has 0 unspecified atom stereocenters. The highest BCUT2D eigenvalue weighted by atomic mass is 16.6. The Balaban J connectivity index is 2.47. The number of amides is 3. The molecule has 0 radical (unpaired) electrons. The zero-order valence-corrected chi connectivity index (χ0v) is 25.9. The monoisotopic (exact) mass is 597 g/mol. The van der Waals surface area contributed by atoms with E-state index in [-0.39, 0.29) is 30.0 Å². The number of likely N-dealkylation sites (tertiary alicyclic amines) is 1. The molecule has 2 rings (SSSR count). The van der Waals surface area contributed by atoms with Gasteiger partial charge in [0.05, 0.1) is 37.4 Å². The molecule has 0 spiro atoms. The Labute approximate surface area is 247 Å². The lowest BCUT2D eigenvalue weighted by Crippen LogP contribution is -2.60. The van der Waals surface area contributed by atoms with Crippen molar-refractivity contribution in [1.82, 2.24) is 20.9 Å². The zero-order valence-electron chi connectivity index (χ0n) is 25.9. The third-order valence-electron chi connectivity index (χ3n) is 6.23. The minimum absolute atomic E-state index is 0.0755. The Kier molecular flexibility index (Phi) is 12.7. The van der Waals surface area contributed by atoms with Gasteiger partial charge >= 0.3 is 18.2 Å². The first kappa shape index (κ1) is 35.0. The van der Waals surface area contributed by atoms with Gasteiger partial charge in [-0.3, -0.25) is 20.3 Å². The molecule has 1 fully saturated rings. The Bertz CT molecular complexity index is 1000. The van der Waals surface area contributed by atoms with Crippen molar-refractivity contribution in [2.24, 2.45) is 4.99 Å². The van der Waals surface area contributed by atoms with Gasteiger partial charge in [0.15, 0.2) is 0 Å². The van der Waals surface area contributed by atoms with Crippen molar-refractivity contribution in [2.75, 3.05) is 33.4 Å². The van der Waals surface area contributed by atoms with Gasteiger partial charge in [-0.25, -0.2) is 19.4 Å². The van der Waals surface area contributed by atoms with E-state index in [2.05, 4.69) is 25.8 Å². The lowest BCUT2D eigenvalue weighted by molar-refractivity contribution is -0.133. The van der Waals surface area contributed by atoms with Crippen LogP contribution in [0.4, 0.5) is 9.59 Å². The Morgan fingerprint density at radius 1 is 1.02 bits per heavy atom. The molecule has 238 valence electrons. The van der Waals surface area contributed by atoms with E-state index in [1.807, 2.05) is 0 Å². The topological polar surface area (TPSA) is 177 Å². The van der Waals surface area contributed by atoms with Crippen molar-refractivity contribution >= 4 is 30.0 Å². The van der Waals surface area contributed by atoms with E-state index >= 15 is 0 Å². The van der Waals surface area contributed by atoms with Crippen molar-refractivity contribution in [3.63, 3.8) is 0 Å². The molecule has 1 saturated heterocycles. The number of piperidine rings is 1. The summed E-state index contributed by atoms with van der Waals surface area (Å²) in [6.45, 7) is 13.5. The highest BCUT2D eigenvalue weighted by molar-refractivity contribution is 6.01. The molecular weight excluding hydrogens is 550 g/mol. The molecule has 0 aromatic carbocycles. The fraction of sp³-hybridized carbons (Fsp3) is 0.750. The van der Waals surface area contributed by atoms with Crippen molar-refractivity contribution in [2.45, 2.75) is 103 Å². The fourth-order valence-electron chi connectivity index (χ4n) is 4.72. The Morgan fingerprint density at radius 2 is 1.62 bits per heavy atom. The van der Waals surface area contributed by atoms with E-state index in [1.54, 1.807) is 54.7 Å². The van der Waals surface area contributed by atoms with Gasteiger partial charge in [-0.15, -0.1) is 0 Å². The first-order chi connectivity index (χ1) is 19.5. The summed E-state index contributed by atoms with van der Waals surface area (Å²) in [5.74, 6) is -1.78. The molecule has 0 saturated carbocycles. The van der Waals surface area contributed by atoms with E-state index in [1.165, 1.54) is 6.92 Å². The third kappa shape index (κ3) is 12.3. The maximum absolute atomic E-state index is 12.7. The number of nitrogens with one attached hydrogen (secondary N) is 3. The average molecular weight is 598 g/mol. The molecule has 0 aromatic rings. The number of hydrogen-bond acceptors (Lipinski definition) is 10. The van der Waals surface area contributed by atoms with Crippen LogP contribution in [-0.2, 0) is 28.5 Å². The molecule has 2 aliphatic rings. The van der Waals surface area contributed by atoms with Crippen molar-refractivity contribution in [3.8, 4) is 0 Å². The number of aliphatic carboxylic acids is 1. The molecule has 0 bridgehead atoms. The van der Waals surface area contributed by atoms with E-state index in [0.29, 0.717) is 26.3 Å². The standard InChI is InChI=1S/C28H47N5O9/c1-17(34)29-22-20(30-24(31-25(37)41-27(2,3)4)32-26(38)42-28(5,6)7)14-18(23(35)36)15-21(22)33-11-9-10-19(16-33)40-13-12-39-8/h15,19-22H,9-14,16H2,1-8H3,(H,29,34)(H,35,36)(H2,30,31,32,37,38)/t19-,20+,21-,22-/m1/s1. The second-order valence-electron chi connectivity index (χ2n) is 12.3. The molecule has 42 heavy (non-hydrogen) atoms. The predicted molar refractivity (Wildman–Crippen MR) is 154 cm³/mol. The summed E-state index contributed by atoms with van der Waals surface area (Å²) in [6, 6.07) is -2.13. The van der Waals surface area contributed by atoms with E-state index in [4.69, 9.17) is 18.9 Å². The SMILES string of the molecule is COCCO[C@@H]1CCCN([C@@H]2C=C(C(=O)O)C[C@H](N=C(NC(=O)OC(C)(C)C)NC(=O)OC(C)(C)C)[C@H]2NC(C)=O)C1. The molecule has 4 N–H and O–H groups in total. The van der Waals surface area contributed by atoms with Crippen molar-refractivity contribution < 1.29 is 43.2 Å². The minimum Gasteiger partial charge on any atom is -0.478 e. The van der Waals surface area contributed by atoms with Crippen LogP contribution in [0.25, 0.3) is 0 Å². The summed E-state index contributed by atoms with van der Waals surface area (Å²) in [5.41, 5.74) is -1.59. The van der Waals surface area contributed by atoms with Crippen LogP contribution < -0.4 is 16.0 Å². The summed E-state index contributed by atoms with van der Waals surface area (Å²) in [4.78, 5) is 56.5. The number of rotatable bonds is 8. The Hall–Kier alpha value is -3.23. The summed E-state index contributed by atoms with van der Waals surface area (Å²) < 4.78 is 21.7. The summed E-state index contributed by atoms with van der Waals surface area (Å²) in [7, 11) is 1.60. The average Bonchev–Trinajstić information content (AvgIpc) is 2.82. The van der Waals surface area contributed by atoms with E-state index in [0.717, 1.165) is 12.8 Å². The first-order valence-corrected chi connectivity index (χ1v) is 14.1. The third-order valence-corrected chi connectivity index (χ3v) is 6.23. The molecule has 1 aliphatic carbocycles. The number of guanidine groups is 1. The highest BCUT2D eigenvalue weighted by Crippen LogP contribution is 2.29. The van der Waals surface area contributed by atoms with Gasteiger partial charge in [-0.05, 0) is 60.9 Å². The number of aliphatic imine (C=N–C) groups is 1. The molecule has 3 amide bonds. The van der Waals surface area contributed by atoms with E-state index in [9.17, 15) is 24.3 Å². The lowest BCUT2D eigenvalue weighted by Gasteiger charge is -2.44. The number of nitrogens with zero attached hydrogens (tertiary/aromatic N) is 2. The molecular formula is C28H47N5O9. The Morgan fingerprint density at radius 3 is 2.12 bits per heavy atom. The van der Waals surface area contributed by atoms with Gasteiger partial charge < -0.3 is 29.4 Å². The summed E-state index contributed by atoms with van der Waals surface area (Å²) >= 11 is 0. The smallest absolute Gasteiger partial charge is 0.414 e. The van der Waals surface area contributed by atoms with E-state index < -0.39 is 47.5 Å². The first-order valence-electron chi connectivity index (χ1n) is 14.1. The van der Waals surface area contributed by atoms with Gasteiger partial charge in [0.1, 0.15) is 11.2 Å². The number of carboxylic acids is 1. The zero-order chi connectivity index (χ0) is 31.7. The quantitative estimate of drug-likeness (QED) is 0.184.